The molecule has 7 heteroatoms. The van der Waals surface area contributed by atoms with Crippen LogP contribution in [0.5, 0.6) is 0 Å². The van der Waals surface area contributed by atoms with Gasteiger partial charge in [-0.25, -0.2) is 0 Å². The van der Waals surface area contributed by atoms with Crippen LogP contribution in [0.3, 0.4) is 0 Å². The van der Waals surface area contributed by atoms with Crippen LogP contribution in [-0.2, 0) is 0 Å². The van der Waals surface area contributed by atoms with Crippen LogP contribution in [-0.4, -0.2) is 34.2 Å². The van der Waals surface area contributed by atoms with Gasteiger partial charge in [0.05, 0.1) is 6.21 Å². The Hall–Kier alpha value is -1.73. The molecule has 0 radical (unpaired) electrons. The molecule has 1 aromatic heterocycles. The van der Waals surface area contributed by atoms with Gasteiger partial charge in [-0.05, 0) is 55.0 Å². The van der Waals surface area contributed by atoms with Gasteiger partial charge in [-0.3, -0.25) is 10.2 Å². The predicted molar refractivity (Wildman–Crippen MR) is 97.0 cm³/mol. The molecular formula is C15H21N5S2. The highest BCUT2D eigenvalue weighted by molar-refractivity contribution is 7.72. The molecule has 0 unspecified atom stereocenters. The SMILES string of the molecule is CCCN(CCC)c1ccc(/C=N\n2c(=S)[nH][nH]c2=S)cc1. The summed E-state index contributed by atoms with van der Waals surface area (Å²) < 4.78 is 2.39. The van der Waals surface area contributed by atoms with E-state index in [1.807, 2.05) is 0 Å². The molecular weight excluding hydrogens is 314 g/mol. The monoisotopic (exact) mass is 335 g/mol. The van der Waals surface area contributed by atoms with Crippen molar-refractivity contribution in [1.82, 2.24) is 14.9 Å². The van der Waals surface area contributed by atoms with Crippen molar-refractivity contribution in [3.63, 3.8) is 0 Å². The highest BCUT2D eigenvalue weighted by Crippen LogP contribution is 2.15. The van der Waals surface area contributed by atoms with Crippen LogP contribution in [0.15, 0.2) is 29.4 Å². The van der Waals surface area contributed by atoms with E-state index < -0.39 is 0 Å². The van der Waals surface area contributed by atoms with Gasteiger partial charge in [0.2, 0.25) is 9.54 Å². The number of benzene rings is 1. The lowest BCUT2D eigenvalue weighted by Crippen LogP contribution is -2.24. The van der Waals surface area contributed by atoms with E-state index in [-0.39, 0.29) is 0 Å². The smallest absolute Gasteiger partial charge is 0.215 e. The zero-order valence-electron chi connectivity index (χ0n) is 12.9. The van der Waals surface area contributed by atoms with E-state index in [0.29, 0.717) is 9.54 Å². The molecule has 1 heterocycles. The van der Waals surface area contributed by atoms with Gasteiger partial charge >= 0.3 is 0 Å². The Morgan fingerprint density at radius 1 is 1.05 bits per heavy atom. The molecule has 0 bridgehead atoms. The fourth-order valence-electron chi connectivity index (χ4n) is 2.22. The zero-order chi connectivity index (χ0) is 15.9. The van der Waals surface area contributed by atoms with Crippen molar-refractivity contribution in [2.75, 3.05) is 18.0 Å². The number of nitrogens with zero attached hydrogens (tertiary/aromatic N) is 3. The van der Waals surface area contributed by atoms with Crippen LogP contribution in [0.2, 0.25) is 0 Å². The summed E-state index contributed by atoms with van der Waals surface area (Å²) in [4.78, 5) is 2.40. The molecule has 0 saturated heterocycles. The van der Waals surface area contributed by atoms with Gasteiger partial charge in [0.15, 0.2) is 0 Å². The van der Waals surface area contributed by atoms with Crippen molar-refractivity contribution in [3.05, 3.63) is 39.4 Å². The zero-order valence-corrected chi connectivity index (χ0v) is 14.5. The Balaban J connectivity index is 2.15. The van der Waals surface area contributed by atoms with Crippen LogP contribution in [0.25, 0.3) is 0 Å². The lowest BCUT2D eigenvalue weighted by Gasteiger charge is -2.23. The molecule has 0 spiro atoms. The van der Waals surface area contributed by atoms with E-state index in [0.717, 1.165) is 31.5 Å². The van der Waals surface area contributed by atoms with Crippen molar-refractivity contribution in [2.24, 2.45) is 5.10 Å². The normalized spacial score (nSPS) is 11.2. The number of aromatic nitrogens is 3. The summed E-state index contributed by atoms with van der Waals surface area (Å²) in [6.45, 7) is 6.56. The Labute approximate surface area is 140 Å². The summed E-state index contributed by atoms with van der Waals surface area (Å²) in [6.07, 6.45) is 4.04. The lowest BCUT2D eigenvalue weighted by molar-refractivity contribution is 0.745. The number of rotatable bonds is 7. The van der Waals surface area contributed by atoms with Crippen LogP contribution in [0.4, 0.5) is 5.69 Å². The minimum absolute atomic E-state index is 0.454. The van der Waals surface area contributed by atoms with E-state index in [4.69, 9.17) is 24.4 Å². The number of hydrogen-bond donors (Lipinski definition) is 2. The van der Waals surface area contributed by atoms with E-state index >= 15 is 0 Å². The minimum Gasteiger partial charge on any atom is -0.372 e. The quantitative estimate of drug-likeness (QED) is 0.591. The van der Waals surface area contributed by atoms with Crippen LogP contribution >= 0.6 is 24.4 Å². The minimum atomic E-state index is 0.454. The Bertz CT molecular complexity index is 690. The van der Waals surface area contributed by atoms with E-state index in [2.05, 4.69) is 58.3 Å². The van der Waals surface area contributed by atoms with Crippen molar-refractivity contribution in [2.45, 2.75) is 26.7 Å². The van der Waals surface area contributed by atoms with E-state index in [1.165, 1.54) is 10.4 Å². The number of aromatic amines is 2. The van der Waals surface area contributed by atoms with Crippen LogP contribution < -0.4 is 4.90 Å². The van der Waals surface area contributed by atoms with Crippen LogP contribution in [0.1, 0.15) is 32.3 Å². The molecule has 1 aromatic carbocycles. The second-order valence-electron chi connectivity index (χ2n) is 5.00. The highest BCUT2D eigenvalue weighted by atomic mass is 32.1. The second-order valence-corrected chi connectivity index (χ2v) is 5.77. The molecule has 2 aromatic rings. The topological polar surface area (TPSA) is 52.1 Å². The maximum absolute atomic E-state index is 5.09. The second kappa shape index (κ2) is 8.05. The lowest BCUT2D eigenvalue weighted by atomic mass is 10.2. The van der Waals surface area contributed by atoms with Gasteiger partial charge in [-0.1, -0.05) is 26.0 Å². The van der Waals surface area contributed by atoms with E-state index in [9.17, 15) is 0 Å². The number of anilines is 1. The van der Waals surface area contributed by atoms with E-state index in [1.54, 1.807) is 6.21 Å². The molecule has 0 aliphatic heterocycles. The summed E-state index contributed by atoms with van der Waals surface area (Å²) in [5, 5.41) is 9.80. The number of hydrogen-bond acceptors (Lipinski definition) is 4. The summed E-state index contributed by atoms with van der Waals surface area (Å²) in [7, 11) is 0. The molecule has 22 heavy (non-hydrogen) atoms. The van der Waals surface area contributed by atoms with Crippen molar-refractivity contribution in [3.8, 4) is 0 Å². The molecule has 2 N–H and O–H groups in total. The number of H-pyrrole nitrogens is 2. The molecule has 5 nitrogen and oxygen atoms in total. The average molecular weight is 336 g/mol. The first-order valence-corrected chi connectivity index (χ1v) is 8.26. The average Bonchev–Trinajstić information content (AvgIpc) is 2.84. The summed E-state index contributed by atoms with van der Waals surface area (Å²) in [5.41, 5.74) is 2.26. The first kappa shape index (κ1) is 16.6. The van der Waals surface area contributed by atoms with Crippen molar-refractivity contribution < 1.29 is 0 Å². The summed E-state index contributed by atoms with van der Waals surface area (Å²) in [6, 6.07) is 8.37. The third kappa shape index (κ3) is 4.14. The van der Waals surface area contributed by atoms with Crippen LogP contribution in [0, 0.1) is 9.54 Å². The van der Waals surface area contributed by atoms with Gasteiger partial charge in [0, 0.05) is 18.8 Å². The maximum Gasteiger partial charge on any atom is 0.215 e. The summed E-state index contributed by atoms with van der Waals surface area (Å²) in [5.74, 6) is 0. The molecule has 0 aliphatic rings. The van der Waals surface area contributed by atoms with Gasteiger partial charge in [0.25, 0.3) is 0 Å². The van der Waals surface area contributed by atoms with Gasteiger partial charge < -0.3 is 4.90 Å². The largest absolute Gasteiger partial charge is 0.372 e. The van der Waals surface area contributed by atoms with Gasteiger partial charge in [0.1, 0.15) is 0 Å². The highest BCUT2D eigenvalue weighted by Gasteiger charge is 2.03. The fourth-order valence-corrected chi connectivity index (χ4v) is 2.65. The first-order valence-electron chi connectivity index (χ1n) is 7.44. The fraction of sp³-hybridized carbons (Fsp3) is 0.400. The van der Waals surface area contributed by atoms with Gasteiger partial charge in [-0.15, -0.1) is 0 Å². The number of nitrogens with one attached hydrogen (secondary N) is 2. The predicted octanol–water partition coefficient (Wildman–Crippen LogP) is 4.11. The molecule has 0 aliphatic carbocycles. The molecule has 0 atom stereocenters. The van der Waals surface area contributed by atoms with Crippen molar-refractivity contribution >= 4 is 36.3 Å². The molecule has 0 fully saturated rings. The molecule has 0 saturated carbocycles. The Morgan fingerprint density at radius 2 is 1.59 bits per heavy atom. The third-order valence-corrected chi connectivity index (χ3v) is 3.78. The Morgan fingerprint density at radius 3 is 2.09 bits per heavy atom. The standard InChI is InChI=1S/C15H21N5S2/c1-3-9-19(10-4-2)13-7-5-12(6-8-13)11-16-20-14(21)17-18-15(20)22/h5-8,11H,3-4,9-10H2,1-2H3,(H,17,21)(H,18,22)/b16-11-. The summed E-state index contributed by atoms with van der Waals surface area (Å²) >= 11 is 10.2. The Kier molecular flexibility index (Phi) is 6.09. The third-order valence-electron chi connectivity index (χ3n) is 3.23. The maximum atomic E-state index is 5.09. The first-order chi connectivity index (χ1) is 10.7. The molecule has 118 valence electrons. The van der Waals surface area contributed by atoms with Gasteiger partial charge in [-0.2, -0.15) is 9.78 Å². The molecule has 2 rings (SSSR count). The molecule has 0 amide bonds. The van der Waals surface area contributed by atoms with Crippen molar-refractivity contribution in [1.29, 1.82) is 0 Å².